The lowest BCUT2D eigenvalue weighted by Crippen LogP contribution is -2.12. The monoisotopic (exact) mass is 402 g/mol. The maximum absolute atomic E-state index is 13.1. The molecule has 4 heterocycles. The molecule has 4 rings (SSSR count). The lowest BCUT2D eigenvalue weighted by atomic mass is 10.1. The number of anilines is 2. The van der Waals surface area contributed by atoms with E-state index < -0.39 is 23.5 Å². The number of imidazole rings is 1. The van der Waals surface area contributed by atoms with E-state index in [0.717, 1.165) is 6.07 Å². The minimum Gasteiger partial charge on any atom is -0.383 e. The van der Waals surface area contributed by atoms with E-state index in [9.17, 15) is 18.0 Å². The number of amides is 1. The first kappa shape index (κ1) is 18.5. The number of nitrogen functional groups attached to an aromatic ring is 1. The summed E-state index contributed by atoms with van der Waals surface area (Å²) in [6.45, 7) is 1.66. The lowest BCUT2D eigenvalue weighted by Gasteiger charge is -2.11. The predicted molar refractivity (Wildman–Crippen MR) is 97.0 cm³/mol. The molecule has 0 aliphatic rings. The van der Waals surface area contributed by atoms with Crippen molar-refractivity contribution in [2.75, 3.05) is 11.1 Å². The van der Waals surface area contributed by atoms with Crippen molar-refractivity contribution in [2.45, 2.75) is 13.1 Å². The van der Waals surface area contributed by atoms with E-state index >= 15 is 0 Å². The number of aromatic nitrogens is 4. The highest BCUT2D eigenvalue weighted by Crippen LogP contribution is 2.35. The number of carbonyl (C=O) groups is 1. The van der Waals surface area contributed by atoms with Gasteiger partial charge in [0, 0.05) is 29.6 Å². The fraction of sp³-hybridized carbons (Fsp3) is 0.111. The maximum atomic E-state index is 13.1. The van der Waals surface area contributed by atoms with Crippen LogP contribution in [0.5, 0.6) is 0 Å². The van der Waals surface area contributed by atoms with Crippen LogP contribution < -0.4 is 11.1 Å². The Hall–Kier alpha value is -3.89. The molecular weight excluding hydrogens is 389 g/mol. The van der Waals surface area contributed by atoms with E-state index in [1.165, 1.54) is 18.5 Å². The highest BCUT2D eigenvalue weighted by Gasteiger charge is 2.34. The van der Waals surface area contributed by atoms with Gasteiger partial charge in [-0.05, 0) is 25.1 Å². The van der Waals surface area contributed by atoms with Crippen LogP contribution in [0, 0.1) is 6.92 Å². The zero-order valence-electron chi connectivity index (χ0n) is 14.9. The average Bonchev–Trinajstić information content (AvgIpc) is 3.26. The Balaban J connectivity index is 1.64. The molecule has 0 saturated heterocycles. The van der Waals surface area contributed by atoms with Crippen molar-refractivity contribution in [3.05, 3.63) is 59.9 Å². The Morgan fingerprint density at radius 1 is 1.21 bits per heavy atom. The Labute approximate surface area is 161 Å². The number of halogens is 3. The van der Waals surface area contributed by atoms with Crippen LogP contribution in [0.25, 0.3) is 16.8 Å². The van der Waals surface area contributed by atoms with E-state index in [2.05, 4.69) is 20.4 Å². The van der Waals surface area contributed by atoms with Crippen LogP contribution in [0.2, 0.25) is 0 Å². The van der Waals surface area contributed by atoms with Crippen LogP contribution in [0.15, 0.2) is 47.4 Å². The fourth-order valence-electron chi connectivity index (χ4n) is 2.74. The number of aryl methyl sites for hydroxylation is 1. The first-order chi connectivity index (χ1) is 13.7. The Morgan fingerprint density at radius 3 is 2.69 bits per heavy atom. The largest absolute Gasteiger partial charge is 0.419 e. The van der Waals surface area contributed by atoms with Gasteiger partial charge in [-0.2, -0.15) is 13.2 Å². The van der Waals surface area contributed by atoms with Gasteiger partial charge in [-0.25, -0.2) is 9.97 Å². The van der Waals surface area contributed by atoms with Gasteiger partial charge < -0.3 is 20.0 Å². The number of fused-ring (bicyclic) bond motifs is 1. The number of hydrogen-bond donors (Lipinski definition) is 2. The van der Waals surface area contributed by atoms with Gasteiger partial charge in [0.25, 0.3) is 5.91 Å². The fourth-order valence-corrected chi connectivity index (χ4v) is 2.74. The summed E-state index contributed by atoms with van der Waals surface area (Å²) in [5.41, 5.74) is 5.64. The third kappa shape index (κ3) is 3.61. The molecule has 0 atom stereocenters. The summed E-state index contributed by atoms with van der Waals surface area (Å²) in [5.74, 6) is -0.342. The molecule has 3 N–H and O–H groups in total. The Morgan fingerprint density at radius 2 is 2.00 bits per heavy atom. The Kier molecular flexibility index (Phi) is 4.22. The van der Waals surface area contributed by atoms with Crippen molar-refractivity contribution in [1.29, 1.82) is 0 Å². The van der Waals surface area contributed by atoms with Gasteiger partial charge in [0.1, 0.15) is 17.2 Å². The van der Waals surface area contributed by atoms with E-state index in [-0.39, 0.29) is 17.1 Å². The summed E-state index contributed by atoms with van der Waals surface area (Å²) in [6, 6.07) is 5.63. The molecule has 0 spiro atoms. The van der Waals surface area contributed by atoms with E-state index in [4.69, 9.17) is 10.3 Å². The second-order valence-electron chi connectivity index (χ2n) is 6.24. The molecule has 0 unspecified atom stereocenters. The number of pyridine rings is 2. The number of nitrogens with one attached hydrogen (secondary N) is 1. The molecule has 4 aromatic rings. The van der Waals surface area contributed by atoms with Gasteiger partial charge in [-0.1, -0.05) is 5.16 Å². The topological polar surface area (TPSA) is 111 Å². The highest BCUT2D eigenvalue weighted by atomic mass is 19.4. The third-order valence-electron chi connectivity index (χ3n) is 4.11. The standard InChI is InChI=1S/C18H13F3N6O2/c1-9-4-13(26-29-9)17(28)25-14-8-27-7-10(2-3-15(27)24-14)11-5-12(18(19,20)21)16(22)23-6-11/h2-8H,1H3,(H2,22,23)(H,25,28). The normalized spacial score (nSPS) is 11.7. The summed E-state index contributed by atoms with van der Waals surface area (Å²) < 4.78 is 45.7. The summed E-state index contributed by atoms with van der Waals surface area (Å²) in [7, 11) is 0. The second-order valence-corrected chi connectivity index (χ2v) is 6.24. The zero-order chi connectivity index (χ0) is 20.8. The number of nitrogens with zero attached hydrogens (tertiary/aromatic N) is 4. The van der Waals surface area contributed by atoms with Crippen molar-refractivity contribution in [1.82, 2.24) is 19.5 Å². The molecule has 4 aromatic heterocycles. The molecule has 0 aliphatic carbocycles. The smallest absolute Gasteiger partial charge is 0.383 e. The van der Waals surface area contributed by atoms with Crippen LogP contribution >= 0.6 is 0 Å². The maximum Gasteiger partial charge on any atom is 0.419 e. The lowest BCUT2D eigenvalue weighted by molar-refractivity contribution is -0.137. The summed E-state index contributed by atoms with van der Waals surface area (Å²) in [4.78, 5) is 20.0. The molecule has 0 bridgehead atoms. The number of nitrogens with two attached hydrogens (primary N) is 1. The Bertz CT molecular complexity index is 1230. The molecule has 0 fully saturated rings. The second kappa shape index (κ2) is 6.62. The van der Waals surface area contributed by atoms with Gasteiger partial charge >= 0.3 is 6.18 Å². The summed E-state index contributed by atoms with van der Waals surface area (Å²) in [6.07, 6.45) is -0.244. The third-order valence-corrected chi connectivity index (χ3v) is 4.11. The first-order valence-corrected chi connectivity index (χ1v) is 8.27. The minimum atomic E-state index is -4.61. The molecule has 8 nitrogen and oxygen atoms in total. The van der Waals surface area contributed by atoms with Gasteiger partial charge in [-0.15, -0.1) is 0 Å². The van der Waals surface area contributed by atoms with E-state index in [0.29, 0.717) is 17.0 Å². The summed E-state index contributed by atoms with van der Waals surface area (Å²) >= 11 is 0. The van der Waals surface area contributed by atoms with Crippen LogP contribution in [-0.4, -0.2) is 25.4 Å². The van der Waals surface area contributed by atoms with E-state index in [1.807, 2.05) is 0 Å². The van der Waals surface area contributed by atoms with Crippen molar-refractivity contribution in [3.8, 4) is 11.1 Å². The van der Waals surface area contributed by atoms with Crippen LogP contribution in [0.4, 0.5) is 24.8 Å². The van der Waals surface area contributed by atoms with Crippen molar-refractivity contribution in [2.24, 2.45) is 0 Å². The van der Waals surface area contributed by atoms with Gasteiger partial charge in [0.15, 0.2) is 11.5 Å². The molecule has 0 radical (unpaired) electrons. The molecule has 29 heavy (non-hydrogen) atoms. The molecule has 0 aliphatic heterocycles. The molecule has 11 heteroatoms. The first-order valence-electron chi connectivity index (χ1n) is 8.27. The molecule has 0 saturated carbocycles. The molecular formula is C18H13F3N6O2. The number of hydrogen-bond acceptors (Lipinski definition) is 6. The zero-order valence-corrected chi connectivity index (χ0v) is 14.9. The predicted octanol–water partition coefficient (Wildman–Crippen LogP) is 3.55. The van der Waals surface area contributed by atoms with Crippen molar-refractivity contribution < 1.29 is 22.5 Å². The number of alkyl halides is 3. The van der Waals surface area contributed by atoms with Gasteiger partial charge in [-0.3, -0.25) is 4.79 Å². The van der Waals surface area contributed by atoms with Gasteiger partial charge in [0.2, 0.25) is 0 Å². The van der Waals surface area contributed by atoms with Crippen LogP contribution in [0.3, 0.4) is 0 Å². The molecule has 1 amide bonds. The summed E-state index contributed by atoms with van der Waals surface area (Å²) in [5, 5.41) is 6.21. The van der Waals surface area contributed by atoms with Crippen molar-refractivity contribution in [3.63, 3.8) is 0 Å². The SMILES string of the molecule is Cc1cc(C(=O)Nc2cn3cc(-c4cnc(N)c(C(F)(F)F)c4)ccc3n2)no1. The highest BCUT2D eigenvalue weighted by molar-refractivity contribution is 6.02. The molecule has 0 aromatic carbocycles. The number of rotatable bonds is 3. The van der Waals surface area contributed by atoms with Crippen LogP contribution in [-0.2, 0) is 6.18 Å². The van der Waals surface area contributed by atoms with Crippen LogP contribution in [0.1, 0.15) is 21.8 Å². The van der Waals surface area contributed by atoms with Gasteiger partial charge in [0.05, 0.1) is 11.8 Å². The minimum absolute atomic E-state index is 0.105. The average molecular weight is 402 g/mol. The molecule has 148 valence electrons. The van der Waals surface area contributed by atoms with E-state index in [1.54, 1.807) is 29.7 Å². The number of carbonyl (C=O) groups excluding carboxylic acids is 1. The van der Waals surface area contributed by atoms with Crippen molar-refractivity contribution >= 4 is 23.2 Å². The quantitative estimate of drug-likeness (QED) is 0.542.